The zero-order chi connectivity index (χ0) is 6.85. The number of aryl methyl sites for hydroxylation is 1. The molecule has 0 aliphatic heterocycles. The van der Waals surface area contributed by atoms with E-state index in [0.29, 0.717) is 0 Å². The van der Waals surface area contributed by atoms with Gasteiger partial charge in [0.1, 0.15) is 8.42 Å². The van der Waals surface area contributed by atoms with Crippen LogP contribution in [0.1, 0.15) is 1.37 Å². The molecule has 1 aromatic rings. The van der Waals surface area contributed by atoms with Crippen molar-refractivity contribution < 1.29 is 29.9 Å². The molecule has 0 bridgehead atoms. The number of halogens is 2. The molecule has 0 spiro atoms. The van der Waals surface area contributed by atoms with Crippen molar-refractivity contribution in [3.05, 3.63) is 23.7 Å². The molecular formula is C5H6ClIN2. The molecule has 0 radical (unpaired) electrons. The Labute approximate surface area is 77.3 Å². The highest BCUT2D eigenvalue weighted by atomic mass is 127. The van der Waals surface area contributed by atoms with Gasteiger partial charge in [0.25, 0.3) is 0 Å². The normalized spacial score (nSPS) is 9.78. The molecule has 0 aliphatic carbocycles. The van der Waals surface area contributed by atoms with Gasteiger partial charge in [0, 0.05) is 0 Å². The summed E-state index contributed by atoms with van der Waals surface area (Å²) in [5, 5.41) is 0.236. The van der Waals surface area contributed by atoms with E-state index in [2.05, 4.69) is 4.98 Å². The van der Waals surface area contributed by atoms with E-state index >= 15 is 0 Å². The van der Waals surface area contributed by atoms with Crippen molar-refractivity contribution in [2.75, 3.05) is 0 Å². The molecule has 2 nitrogen and oxygen atoms in total. The van der Waals surface area contributed by atoms with Gasteiger partial charge in [-0.05, 0) is 0 Å². The molecule has 1 heterocycles. The molecule has 0 unspecified atom stereocenters. The molecule has 1 rings (SSSR count). The predicted octanol–water partition coefficient (Wildman–Crippen LogP) is -2.44. The summed E-state index contributed by atoms with van der Waals surface area (Å²) in [6.45, 7) is 0. The first-order valence-corrected chi connectivity index (χ1v) is 2.56. The zero-order valence-electron chi connectivity index (χ0n) is 5.81. The Hall–Kier alpha value is 0.1000. The standard InChI is InChI=1S/C5H6ClN2.HI/c1-8-3-2-7-5(6)4-8;/h2-4H,1H3;1H/q+1;/p-1/i4D;. The fourth-order valence-corrected chi connectivity index (χ4v) is 0.600. The van der Waals surface area contributed by atoms with Gasteiger partial charge in [-0.1, -0.05) is 11.6 Å². The number of hydrogen-bond donors (Lipinski definition) is 0. The van der Waals surface area contributed by atoms with Crippen LogP contribution in [0.4, 0.5) is 0 Å². The smallest absolute Gasteiger partial charge is 0.206 e. The van der Waals surface area contributed by atoms with Gasteiger partial charge in [0.15, 0.2) is 11.3 Å². The molecule has 0 saturated heterocycles. The highest BCUT2D eigenvalue weighted by molar-refractivity contribution is 6.29. The van der Waals surface area contributed by atoms with E-state index in [1.165, 1.54) is 0 Å². The van der Waals surface area contributed by atoms with Crippen LogP contribution in [0.15, 0.2) is 18.6 Å². The van der Waals surface area contributed by atoms with Crippen LogP contribution in [-0.2, 0) is 7.05 Å². The number of aromatic nitrogens is 2. The van der Waals surface area contributed by atoms with Gasteiger partial charge >= 0.3 is 0 Å². The van der Waals surface area contributed by atoms with Crippen molar-refractivity contribution in [3.63, 3.8) is 0 Å². The third-order valence-electron chi connectivity index (χ3n) is 0.747. The lowest BCUT2D eigenvalue weighted by molar-refractivity contribution is -0.671. The van der Waals surface area contributed by atoms with Crippen LogP contribution in [0.3, 0.4) is 0 Å². The van der Waals surface area contributed by atoms with Gasteiger partial charge in [-0.2, -0.15) is 0 Å². The number of hydrogen-bond acceptors (Lipinski definition) is 1. The summed E-state index contributed by atoms with van der Waals surface area (Å²) in [7, 11) is 1.75. The molecule has 4 heteroatoms. The Bertz CT molecular complexity index is 211. The van der Waals surface area contributed by atoms with E-state index in [-0.39, 0.29) is 35.3 Å². The average molecular weight is 257 g/mol. The van der Waals surface area contributed by atoms with Crippen molar-refractivity contribution in [2.45, 2.75) is 0 Å². The minimum atomic E-state index is 0. The second-order valence-electron chi connectivity index (χ2n) is 1.44. The van der Waals surface area contributed by atoms with Crippen LogP contribution in [-0.4, -0.2) is 4.98 Å². The second-order valence-corrected chi connectivity index (χ2v) is 1.80. The lowest BCUT2D eigenvalue weighted by Crippen LogP contribution is -3.00. The Morgan fingerprint density at radius 3 is 3.00 bits per heavy atom. The van der Waals surface area contributed by atoms with E-state index in [9.17, 15) is 0 Å². The molecule has 0 atom stereocenters. The second kappa shape index (κ2) is 4.00. The predicted molar refractivity (Wildman–Crippen MR) is 30.4 cm³/mol. The Kier molecular flexibility index (Phi) is 3.21. The molecule has 9 heavy (non-hydrogen) atoms. The molecule has 0 N–H and O–H groups in total. The molecule has 50 valence electrons. The minimum Gasteiger partial charge on any atom is -1.00 e. The maximum atomic E-state index is 7.21. The first-order chi connectivity index (χ1) is 4.22. The van der Waals surface area contributed by atoms with Crippen LogP contribution >= 0.6 is 11.6 Å². The summed E-state index contributed by atoms with van der Waals surface area (Å²) in [6, 6.07) is 0. The Balaban J connectivity index is 0.000000810. The topological polar surface area (TPSA) is 16.8 Å². The summed E-state index contributed by atoms with van der Waals surface area (Å²) < 4.78 is 8.81. The highest BCUT2D eigenvalue weighted by Crippen LogP contribution is 1.94. The summed E-state index contributed by atoms with van der Waals surface area (Å²) in [5.74, 6) is 0. The fraction of sp³-hybridized carbons (Fsp3) is 0.200. The van der Waals surface area contributed by atoms with Crippen LogP contribution in [0, 0.1) is 0 Å². The van der Waals surface area contributed by atoms with Crippen LogP contribution in [0.2, 0.25) is 5.15 Å². The first kappa shape index (κ1) is 7.21. The molecule has 1 aromatic heterocycles. The van der Waals surface area contributed by atoms with E-state index in [4.69, 9.17) is 13.0 Å². The van der Waals surface area contributed by atoms with Crippen molar-refractivity contribution in [3.8, 4) is 0 Å². The van der Waals surface area contributed by atoms with Gasteiger partial charge in [-0.25, -0.2) is 9.55 Å². The number of rotatable bonds is 0. The van der Waals surface area contributed by atoms with Crippen molar-refractivity contribution >= 4 is 11.6 Å². The summed E-state index contributed by atoms with van der Waals surface area (Å²) in [6.07, 6.45) is 3.47. The Morgan fingerprint density at radius 2 is 2.56 bits per heavy atom. The minimum absolute atomic E-state index is 0. The van der Waals surface area contributed by atoms with E-state index in [1.807, 2.05) is 0 Å². The zero-order valence-corrected chi connectivity index (χ0v) is 7.72. The maximum absolute atomic E-state index is 7.21. The van der Waals surface area contributed by atoms with Gasteiger partial charge in [-0.15, -0.1) is 0 Å². The molecule has 0 fully saturated rings. The third-order valence-corrected chi connectivity index (χ3v) is 0.929. The molecule has 0 amide bonds. The van der Waals surface area contributed by atoms with Crippen LogP contribution in [0.25, 0.3) is 0 Å². The van der Waals surface area contributed by atoms with E-state index < -0.39 is 0 Å². The molecule has 0 aromatic carbocycles. The Morgan fingerprint density at radius 1 is 1.89 bits per heavy atom. The number of nitrogens with zero attached hydrogens (tertiary/aromatic N) is 2. The van der Waals surface area contributed by atoms with Gasteiger partial charge in [0.05, 0.1) is 6.20 Å². The highest BCUT2D eigenvalue weighted by Gasteiger charge is 1.91. The van der Waals surface area contributed by atoms with Crippen molar-refractivity contribution in [1.82, 2.24) is 4.98 Å². The summed E-state index contributed by atoms with van der Waals surface area (Å²) in [4.78, 5) is 3.70. The van der Waals surface area contributed by atoms with Crippen molar-refractivity contribution in [1.29, 1.82) is 0 Å². The molecule has 0 aliphatic rings. The summed E-state index contributed by atoms with van der Waals surface area (Å²) >= 11 is 5.49. The molecular weight excluding hydrogens is 250 g/mol. The SMILES string of the molecule is [2H]c1c(Cl)ncc[n+]1C.[I-]. The lowest BCUT2D eigenvalue weighted by Gasteiger charge is -1.82. The monoisotopic (exact) mass is 257 g/mol. The van der Waals surface area contributed by atoms with Gasteiger partial charge in [0.2, 0.25) is 6.17 Å². The summed E-state index contributed by atoms with van der Waals surface area (Å²) in [5.41, 5.74) is 0. The van der Waals surface area contributed by atoms with Crippen molar-refractivity contribution in [2.24, 2.45) is 7.05 Å². The van der Waals surface area contributed by atoms with Gasteiger partial charge in [-0.3, -0.25) is 0 Å². The van der Waals surface area contributed by atoms with E-state index in [0.717, 1.165) is 0 Å². The molecule has 0 saturated carbocycles. The van der Waals surface area contributed by atoms with Crippen LogP contribution in [0.5, 0.6) is 0 Å². The van der Waals surface area contributed by atoms with Crippen LogP contribution < -0.4 is 28.5 Å². The van der Waals surface area contributed by atoms with Gasteiger partial charge < -0.3 is 24.0 Å². The fourth-order valence-electron chi connectivity index (χ4n) is 0.410. The third kappa shape index (κ3) is 2.95. The lowest BCUT2D eigenvalue weighted by atomic mass is 10.7. The average Bonchev–Trinajstić information content (AvgIpc) is 1.83. The largest absolute Gasteiger partial charge is 1.00 e. The van der Waals surface area contributed by atoms with E-state index in [1.54, 1.807) is 24.0 Å². The first-order valence-electron chi connectivity index (χ1n) is 2.68. The quantitative estimate of drug-likeness (QED) is 0.373. The maximum Gasteiger partial charge on any atom is 0.206 e.